The van der Waals surface area contributed by atoms with Crippen LogP contribution in [-0.2, 0) is 23.3 Å². The van der Waals surface area contributed by atoms with Gasteiger partial charge in [-0.2, -0.15) is 0 Å². The lowest BCUT2D eigenvalue weighted by atomic mass is 9.83. The van der Waals surface area contributed by atoms with Crippen LogP contribution in [0.1, 0.15) is 29.7 Å². The normalized spacial score (nSPS) is 20.0. The second-order valence-corrected chi connectivity index (χ2v) is 6.53. The summed E-state index contributed by atoms with van der Waals surface area (Å²) in [5.74, 6) is 0.314. The molecule has 3 N–H and O–H groups in total. The van der Waals surface area contributed by atoms with Crippen LogP contribution < -0.4 is 11.3 Å². The van der Waals surface area contributed by atoms with E-state index in [1.165, 1.54) is 0 Å². The molecule has 0 bridgehead atoms. The van der Waals surface area contributed by atoms with E-state index in [9.17, 15) is 4.79 Å². The number of likely N-dealkylation sites (tertiary alicyclic amines) is 1. The Kier molecular flexibility index (Phi) is 3.82. The van der Waals surface area contributed by atoms with Crippen LogP contribution in [0.2, 0.25) is 0 Å². The first kappa shape index (κ1) is 15.3. The highest BCUT2D eigenvalue weighted by Gasteiger charge is 2.42. The van der Waals surface area contributed by atoms with Gasteiger partial charge in [0.15, 0.2) is 0 Å². The summed E-state index contributed by atoms with van der Waals surface area (Å²) in [6, 6.07) is 3.45. The van der Waals surface area contributed by atoms with Gasteiger partial charge < -0.3 is 15.5 Å². The molecular formula is C17H21N5O2. The van der Waals surface area contributed by atoms with Gasteiger partial charge in [0.05, 0.1) is 12.3 Å². The molecule has 7 heteroatoms. The molecule has 0 amide bonds. The first-order valence-electron chi connectivity index (χ1n) is 8.30. The van der Waals surface area contributed by atoms with E-state index in [4.69, 9.17) is 10.5 Å². The standard InChI is InChI=1S/C17H21N5O2/c18-16-20-10-13-3-8-24-17(15(13)21-16)4-6-22(7-5-17)11-12-1-2-14(23)19-9-12/h1-2,9-10H,3-8,11H2,(H,19,23)(H2,18,20,21). The Morgan fingerprint density at radius 3 is 2.92 bits per heavy atom. The zero-order valence-corrected chi connectivity index (χ0v) is 13.5. The van der Waals surface area contributed by atoms with Crippen LogP contribution in [0.15, 0.2) is 29.3 Å². The third-order valence-corrected chi connectivity index (χ3v) is 4.98. The smallest absolute Gasteiger partial charge is 0.247 e. The quantitative estimate of drug-likeness (QED) is 0.847. The Morgan fingerprint density at radius 2 is 2.17 bits per heavy atom. The summed E-state index contributed by atoms with van der Waals surface area (Å²) in [6.45, 7) is 3.37. The predicted octanol–water partition coefficient (Wildman–Crippen LogP) is 0.811. The van der Waals surface area contributed by atoms with Crippen LogP contribution in [0.5, 0.6) is 0 Å². The zero-order valence-electron chi connectivity index (χ0n) is 13.5. The zero-order chi connectivity index (χ0) is 16.6. The molecule has 7 nitrogen and oxygen atoms in total. The number of hydrogen-bond acceptors (Lipinski definition) is 6. The highest BCUT2D eigenvalue weighted by molar-refractivity contribution is 5.32. The van der Waals surface area contributed by atoms with Gasteiger partial charge in [0.25, 0.3) is 0 Å². The molecule has 24 heavy (non-hydrogen) atoms. The van der Waals surface area contributed by atoms with Crippen molar-refractivity contribution in [2.75, 3.05) is 25.4 Å². The maximum atomic E-state index is 11.2. The van der Waals surface area contributed by atoms with Gasteiger partial charge in [-0.1, -0.05) is 6.07 Å². The number of aromatic nitrogens is 3. The number of anilines is 1. The molecule has 4 rings (SSSR count). The molecule has 2 aromatic rings. The van der Waals surface area contributed by atoms with Gasteiger partial charge in [-0.15, -0.1) is 0 Å². The van der Waals surface area contributed by atoms with E-state index < -0.39 is 0 Å². The number of H-pyrrole nitrogens is 1. The molecule has 0 aromatic carbocycles. The first-order chi connectivity index (χ1) is 11.6. The van der Waals surface area contributed by atoms with Crippen molar-refractivity contribution in [1.29, 1.82) is 0 Å². The molecule has 0 unspecified atom stereocenters. The van der Waals surface area contributed by atoms with Gasteiger partial charge >= 0.3 is 0 Å². The number of nitrogens with zero attached hydrogens (tertiary/aromatic N) is 3. The third-order valence-electron chi connectivity index (χ3n) is 4.98. The van der Waals surface area contributed by atoms with Gasteiger partial charge in [0.2, 0.25) is 11.5 Å². The molecule has 1 saturated heterocycles. The number of ether oxygens (including phenoxy) is 1. The Balaban J connectivity index is 1.49. The monoisotopic (exact) mass is 327 g/mol. The molecule has 0 radical (unpaired) electrons. The van der Waals surface area contributed by atoms with Crippen molar-refractivity contribution >= 4 is 5.95 Å². The van der Waals surface area contributed by atoms with Crippen LogP contribution in [0, 0.1) is 0 Å². The predicted molar refractivity (Wildman–Crippen MR) is 89.4 cm³/mol. The maximum Gasteiger partial charge on any atom is 0.247 e. The molecule has 2 aromatic heterocycles. The molecule has 1 fully saturated rings. The van der Waals surface area contributed by atoms with Gasteiger partial charge in [-0.3, -0.25) is 9.69 Å². The lowest BCUT2D eigenvalue weighted by Gasteiger charge is -2.44. The Hall–Kier alpha value is -2.25. The van der Waals surface area contributed by atoms with E-state index in [1.807, 2.05) is 12.3 Å². The average molecular weight is 327 g/mol. The van der Waals surface area contributed by atoms with E-state index >= 15 is 0 Å². The summed E-state index contributed by atoms with van der Waals surface area (Å²) in [6.07, 6.45) is 6.25. The highest BCUT2D eigenvalue weighted by atomic mass is 16.5. The van der Waals surface area contributed by atoms with Gasteiger partial charge in [-0.05, 0) is 30.4 Å². The molecule has 1 spiro atoms. The number of aromatic amines is 1. The van der Waals surface area contributed by atoms with Gasteiger partial charge in [0.1, 0.15) is 5.60 Å². The molecule has 0 aliphatic carbocycles. The Morgan fingerprint density at radius 1 is 1.33 bits per heavy atom. The fourth-order valence-corrected chi connectivity index (χ4v) is 3.68. The Labute approximate surface area is 139 Å². The number of hydrogen-bond donors (Lipinski definition) is 2. The van der Waals surface area contributed by atoms with Gasteiger partial charge in [-0.25, -0.2) is 9.97 Å². The number of pyridine rings is 1. The minimum Gasteiger partial charge on any atom is -0.368 e. The maximum absolute atomic E-state index is 11.2. The first-order valence-corrected chi connectivity index (χ1v) is 8.30. The second-order valence-electron chi connectivity index (χ2n) is 6.53. The molecule has 0 saturated carbocycles. The summed E-state index contributed by atoms with van der Waals surface area (Å²) in [5, 5.41) is 0. The van der Waals surface area contributed by atoms with Crippen LogP contribution in [0.3, 0.4) is 0 Å². The minimum absolute atomic E-state index is 0.0687. The van der Waals surface area contributed by atoms with Crippen molar-refractivity contribution in [2.45, 2.75) is 31.4 Å². The lowest BCUT2D eigenvalue weighted by molar-refractivity contribution is -0.102. The third kappa shape index (κ3) is 2.81. The lowest BCUT2D eigenvalue weighted by Crippen LogP contribution is -2.47. The fourth-order valence-electron chi connectivity index (χ4n) is 3.68. The molecule has 0 atom stereocenters. The number of fused-ring (bicyclic) bond motifs is 2. The molecule has 4 heterocycles. The molecule has 2 aliphatic heterocycles. The summed E-state index contributed by atoms with van der Waals surface area (Å²) < 4.78 is 6.18. The molecule has 126 valence electrons. The van der Waals surface area contributed by atoms with Crippen molar-refractivity contribution in [1.82, 2.24) is 19.9 Å². The number of nitrogens with two attached hydrogens (primary N) is 1. The summed E-state index contributed by atoms with van der Waals surface area (Å²) in [4.78, 5) is 24.9. The topological polar surface area (TPSA) is 97.1 Å². The van der Waals surface area contributed by atoms with Crippen molar-refractivity contribution in [3.63, 3.8) is 0 Å². The van der Waals surface area contributed by atoms with Crippen molar-refractivity contribution in [3.8, 4) is 0 Å². The number of nitrogen functional groups attached to an aromatic ring is 1. The minimum atomic E-state index is -0.327. The van der Waals surface area contributed by atoms with E-state index in [-0.39, 0.29) is 11.2 Å². The average Bonchev–Trinajstić information content (AvgIpc) is 2.60. The van der Waals surface area contributed by atoms with E-state index in [0.717, 1.165) is 55.7 Å². The van der Waals surface area contributed by atoms with Crippen LogP contribution in [0.25, 0.3) is 0 Å². The number of nitrogens with one attached hydrogen (secondary N) is 1. The second kappa shape index (κ2) is 5.99. The summed E-state index contributed by atoms with van der Waals surface area (Å²) >= 11 is 0. The SMILES string of the molecule is Nc1ncc2c(n1)C1(CCN(Cc3ccc(=O)[nH]c3)CC1)OCC2. The highest BCUT2D eigenvalue weighted by Crippen LogP contribution is 2.40. The van der Waals surface area contributed by atoms with E-state index in [1.54, 1.807) is 12.3 Å². The molecular weight excluding hydrogens is 306 g/mol. The fraction of sp³-hybridized carbons (Fsp3) is 0.471. The van der Waals surface area contributed by atoms with Crippen molar-refractivity contribution < 1.29 is 4.74 Å². The van der Waals surface area contributed by atoms with E-state index in [2.05, 4.69) is 19.9 Å². The summed E-state index contributed by atoms with van der Waals surface area (Å²) in [5.41, 5.74) is 8.65. The van der Waals surface area contributed by atoms with Crippen LogP contribution >= 0.6 is 0 Å². The van der Waals surface area contributed by atoms with E-state index in [0.29, 0.717) is 12.6 Å². The van der Waals surface area contributed by atoms with Crippen molar-refractivity contribution in [3.05, 3.63) is 51.7 Å². The largest absolute Gasteiger partial charge is 0.368 e. The summed E-state index contributed by atoms with van der Waals surface area (Å²) in [7, 11) is 0. The number of piperidine rings is 1. The Bertz CT molecular complexity index is 775. The van der Waals surface area contributed by atoms with Gasteiger partial charge in [0, 0.05) is 38.1 Å². The number of rotatable bonds is 2. The molecule has 2 aliphatic rings. The van der Waals surface area contributed by atoms with Crippen molar-refractivity contribution in [2.24, 2.45) is 0 Å². The van der Waals surface area contributed by atoms with Crippen LogP contribution in [0.4, 0.5) is 5.95 Å². The van der Waals surface area contributed by atoms with Crippen LogP contribution in [-0.4, -0.2) is 39.5 Å².